The minimum Gasteiger partial charge on any atom is -0.508 e. The normalized spacial score (nSPS) is 10.4. The smallest absolute Gasteiger partial charge is 0.247 e. The minimum absolute atomic E-state index is 0.160. The second-order valence-corrected chi connectivity index (χ2v) is 2.95. The van der Waals surface area contributed by atoms with E-state index in [1.54, 1.807) is 24.3 Å². The van der Waals surface area contributed by atoms with Crippen molar-refractivity contribution in [3.8, 4) is 17.2 Å². The third-order valence-electron chi connectivity index (χ3n) is 1.67. The van der Waals surface area contributed by atoms with E-state index in [-0.39, 0.29) is 11.6 Å². The third kappa shape index (κ3) is 1.70. The Balaban J connectivity index is 2.39. The first-order valence-corrected chi connectivity index (χ1v) is 4.51. The fourth-order valence-electron chi connectivity index (χ4n) is 1.06. The van der Waals surface area contributed by atoms with E-state index in [9.17, 15) is 5.11 Å². The Morgan fingerprint density at radius 1 is 1.36 bits per heavy atom. The highest BCUT2D eigenvalue weighted by Gasteiger charge is 2.07. The summed E-state index contributed by atoms with van der Waals surface area (Å²) in [5.74, 6) is 1.07. The minimum atomic E-state index is 0.160. The van der Waals surface area contributed by atoms with Gasteiger partial charge >= 0.3 is 0 Å². The van der Waals surface area contributed by atoms with Crippen LogP contribution in [0.5, 0.6) is 5.75 Å². The fourth-order valence-corrected chi connectivity index (χ4v) is 1.17. The lowest BCUT2D eigenvalue weighted by molar-refractivity contribution is 0.474. The van der Waals surface area contributed by atoms with Gasteiger partial charge in [0.1, 0.15) is 11.6 Å². The molecule has 72 valence electrons. The summed E-state index contributed by atoms with van der Waals surface area (Å²) in [7, 11) is 0. The molecule has 0 spiro atoms. The highest BCUT2D eigenvalue weighted by Crippen LogP contribution is 2.21. The molecule has 0 fully saturated rings. The Labute approximate surface area is 85.2 Å². The zero-order valence-electron chi connectivity index (χ0n) is 7.14. The monoisotopic (exact) mass is 210 g/mol. The van der Waals surface area contributed by atoms with Crippen LogP contribution in [0.2, 0.25) is 0 Å². The molecule has 0 aliphatic carbocycles. The topological polar surface area (TPSA) is 59.2 Å². The summed E-state index contributed by atoms with van der Waals surface area (Å²) >= 11 is 5.51. The Hall–Kier alpha value is -1.55. The quantitative estimate of drug-likeness (QED) is 0.772. The largest absolute Gasteiger partial charge is 0.508 e. The van der Waals surface area contributed by atoms with Crippen LogP contribution >= 0.6 is 11.6 Å². The van der Waals surface area contributed by atoms with Crippen molar-refractivity contribution in [2.24, 2.45) is 0 Å². The van der Waals surface area contributed by atoms with E-state index in [1.807, 2.05) is 0 Å². The molecule has 2 rings (SSSR count). The standard InChI is InChI=1S/C9H7ClN2O2/c10-5-8-11-12-9(14-8)6-2-1-3-7(13)4-6/h1-4,13H,5H2. The number of benzene rings is 1. The van der Waals surface area contributed by atoms with E-state index in [1.165, 1.54) is 0 Å². The summed E-state index contributed by atoms with van der Waals surface area (Å²) in [5, 5.41) is 16.7. The van der Waals surface area contributed by atoms with E-state index in [0.717, 1.165) is 0 Å². The maximum absolute atomic E-state index is 9.22. The zero-order chi connectivity index (χ0) is 9.97. The highest BCUT2D eigenvalue weighted by atomic mass is 35.5. The van der Waals surface area contributed by atoms with Crippen LogP contribution in [0.1, 0.15) is 5.89 Å². The first kappa shape index (κ1) is 9.02. The van der Waals surface area contributed by atoms with Crippen LogP contribution in [0.4, 0.5) is 0 Å². The summed E-state index contributed by atoms with van der Waals surface area (Å²) in [6.07, 6.45) is 0. The van der Waals surface area contributed by atoms with Gasteiger partial charge in [0.15, 0.2) is 0 Å². The lowest BCUT2D eigenvalue weighted by Crippen LogP contribution is -1.76. The van der Waals surface area contributed by atoms with Crippen LogP contribution in [0.25, 0.3) is 11.5 Å². The van der Waals surface area contributed by atoms with Crippen molar-refractivity contribution in [3.63, 3.8) is 0 Å². The van der Waals surface area contributed by atoms with Crippen LogP contribution in [0.3, 0.4) is 0 Å². The van der Waals surface area contributed by atoms with Gasteiger partial charge in [-0.2, -0.15) is 0 Å². The number of aromatic nitrogens is 2. The SMILES string of the molecule is Oc1cccc(-c2nnc(CCl)o2)c1. The van der Waals surface area contributed by atoms with E-state index in [0.29, 0.717) is 17.3 Å². The number of phenolic OH excluding ortho intramolecular Hbond substituents is 1. The summed E-state index contributed by atoms with van der Waals surface area (Å²) in [6.45, 7) is 0. The molecule has 0 aliphatic rings. The summed E-state index contributed by atoms with van der Waals surface area (Å²) in [6, 6.07) is 6.59. The van der Waals surface area contributed by atoms with Crippen LogP contribution < -0.4 is 0 Å². The molecular weight excluding hydrogens is 204 g/mol. The van der Waals surface area contributed by atoms with Crippen molar-refractivity contribution in [2.75, 3.05) is 0 Å². The molecular formula is C9H7ClN2O2. The van der Waals surface area contributed by atoms with E-state index in [4.69, 9.17) is 16.0 Å². The molecule has 0 radical (unpaired) electrons. The van der Waals surface area contributed by atoms with Crippen molar-refractivity contribution in [3.05, 3.63) is 30.2 Å². The number of halogens is 1. The van der Waals surface area contributed by atoms with E-state index in [2.05, 4.69) is 10.2 Å². The van der Waals surface area contributed by atoms with Gasteiger partial charge in [-0.3, -0.25) is 0 Å². The van der Waals surface area contributed by atoms with Crippen LogP contribution in [0, 0.1) is 0 Å². The van der Waals surface area contributed by atoms with Gasteiger partial charge in [-0.15, -0.1) is 21.8 Å². The second kappa shape index (κ2) is 3.67. The molecule has 0 unspecified atom stereocenters. The van der Waals surface area contributed by atoms with Crippen LogP contribution in [0.15, 0.2) is 28.7 Å². The van der Waals surface area contributed by atoms with Gasteiger partial charge in [0.05, 0.1) is 0 Å². The number of nitrogens with zero attached hydrogens (tertiary/aromatic N) is 2. The van der Waals surface area contributed by atoms with Crippen molar-refractivity contribution >= 4 is 11.6 Å². The molecule has 1 heterocycles. The van der Waals surface area contributed by atoms with Crippen molar-refractivity contribution in [1.29, 1.82) is 0 Å². The number of alkyl halides is 1. The van der Waals surface area contributed by atoms with Gasteiger partial charge < -0.3 is 9.52 Å². The third-order valence-corrected chi connectivity index (χ3v) is 1.90. The summed E-state index contributed by atoms with van der Waals surface area (Å²) < 4.78 is 5.21. The number of rotatable bonds is 2. The maximum Gasteiger partial charge on any atom is 0.247 e. The number of hydrogen-bond acceptors (Lipinski definition) is 4. The van der Waals surface area contributed by atoms with Crippen LogP contribution in [-0.4, -0.2) is 15.3 Å². The molecule has 5 heteroatoms. The van der Waals surface area contributed by atoms with Gasteiger partial charge in [0.2, 0.25) is 11.8 Å². The lowest BCUT2D eigenvalue weighted by atomic mass is 10.2. The molecule has 0 saturated carbocycles. The Bertz CT molecular complexity index is 442. The average Bonchev–Trinajstić information content (AvgIpc) is 2.66. The Morgan fingerprint density at radius 2 is 2.21 bits per heavy atom. The zero-order valence-corrected chi connectivity index (χ0v) is 7.90. The van der Waals surface area contributed by atoms with Crippen molar-refractivity contribution < 1.29 is 9.52 Å². The molecule has 0 amide bonds. The second-order valence-electron chi connectivity index (χ2n) is 2.68. The highest BCUT2D eigenvalue weighted by molar-refractivity contribution is 6.16. The predicted molar refractivity (Wildman–Crippen MR) is 51.0 cm³/mol. The van der Waals surface area contributed by atoms with Gasteiger partial charge in [-0.1, -0.05) is 6.07 Å². The predicted octanol–water partition coefficient (Wildman–Crippen LogP) is 2.18. The molecule has 0 saturated heterocycles. The first-order valence-electron chi connectivity index (χ1n) is 3.97. The van der Waals surface area contributed by atoms with Crippen molar-refractivity contribution in [1.82, 2.24) is 10.2 Å². The fraction of sp³-hybridized carbons (Fsp3) is 0.111. The Morgan fingerprint density at radius 3 is 2.86 bits per heavy atom. The summed E-state index contributed by atoms with van der Waals surface area (Å²) in [4.78, 5) is 0. The Kier molecular flexibility index (Phi) is 2.37. The molecule has 2 aromatic rings. The summed E-state index contributed by atoms with van der Waals surface area (Å²) in [5.41, 5.74) is 0.675. The molecule has 0 aliphatic heterocycles. The van der Waals surface area contributed by atoms with Crippen molar-refractivity contribution in [2.45, 2.75) is 5.88 Å². The van der Waals surface area contributed by atoms with Crippen LogP contribution in [-0.2, 0) is 5.88 Å². The van der Waals surface area contributed by atoms with Gasteiger partial charge in [0, 0.05) is 5.56 Å². The molecule has 0 bridgehead atoms. The molecule has 0 atom stereocenters. The van der Waals surface area contributed by atoms with Gasteiger partial charge in [0.25, 0.3) is 0 Å². The van der Waals surface area contributed by atoms with E-state index < -0.39 is 0 Å². The number of aromatic hydroxyl groups is 1. The number of phenols is 1. The van der Waals surface area contributed by atoms with E-state index >= 15 is 0 Å². The molecule has 4 nitrogen and oxygen atoms in total. The van der Waals surface area contributed by atoms with Gasteiger partial charge in [-0.05, 0) is 18.2 Å². The molecule has 1 aromatic heterocycles. The van der Waals surface area contributed by atoms with Gasteiger partial charge in [-0.25, -0.2) is 0 Å². The maximum atomic E-state index is 9.22. The average molecular weight is 211 g/mol. The molecule has 1 N–H and O–H groups in total. The first-order chi connectivity index (χ1) is 6.79. The lowest BCUT2D eigenvalue weighted by Gasteiger charge is -1.94. The molecule has 1 aromatic carbocycles. The molecule has 14 heavy (non-hydrogen) atoms. The number of hydrogen-bond donors (Lipinski definition) is 1.